The van der Waals surface area contributed by atoms with Crippen molar-refractivity contribution in [2.75, 3.05) is 0 Å². The minimum atomic E-state index is -4.80. The van der Waals surface area contributed by atoms with Crippen LogP contribution in [-0.2, 0) is 0 Å². The molecule has 4 nitrogen and oxygen atoms in total. The molecule has 0 saturated carbocycles. The lowest BCUT2D eigenvalue weighted by Crippen LogP contribution is -2.26. The fraction of sp³-hybridized carbons (Fsp3) is 0.200. The zero-order valence-corrected chi connectivity index (χ0v) is 13.0. The first-order valence-corrected chi connectivity index (χ1v) is 6.65. The maximum atomic E-state index is 13.2. The van der Waals surface area contributed by atoms with Crippen LogP contribution in [0.4, 0.5) is 22.0 Å². The molecule has 2 N–H and O–H groups in total. The first-order valence-electron chi connectivity index (χ1n) is 6.65. The summed E-state index contributed by atoms with van der Waals surface area (Å²) in [4.78, 5) is 0. The van der Waals surface area contributed by atoms with Crippen molar-refractivity contribution in [3.8, 4) is 17.2 Å². The number of fused-ring (bicyclic) bond motifs is 1. The van der Waals surface area contributed by atoms with Crippen LogP contribution in [0.1, 0.15) is 17.2 Å². The Hall–Kier alpha value is -2.26. The third-order valence-electron chi connectivity index (χ3n) is 3.27. The average Bonchev–Trinajstić information content (AvgIpc) is 2.79. The standard InChI is InChI=1S/C15H10F5NO3.ClH/c16-14(17,18)22-9-6-4-8(5-7-9)12(21)10-2-1-3-11-13(10)24-15(19,20)23-11;/h1-7,12H,21H2;1H/t12-;/m0./s1. The molecule has 10 heteroatoms. The Balaban J connectivity index is 0.00000225. The Morgan fingerprint density at radius 2 is 1.64 bits per heavy atom. The molecule has 1 aliphatic rings. The summed E-state index contributed by atoms with van der Waals surface area (Å²) in [5.74, 6) is -0.779. The van der Waals surface area contributed by atoms with Gasteiger partial charge in [-0.2, -0.15) is 0 Å². The molecular formula is C15H11ClF5NO3. The lowest BCUT2D eigenvalue weighted by atomic mass is 9.98. The second-order valence-electron chi connectivity index (χ2n) is 4.94. The van der Waals surface area contributed by atoms with Gasteiger partial charge < -0.3 is 19.9 Å². The Kier molecular flexibility index (Phi) is 5.01. The van der Waals surface area contributed by atoms with Crippen molar-refractivity contribution in [3.63, 3.8) is 0 Å². The lowest BCUT2D eigenvalue weighted by molar-refractivity contribution is -0.287. The maximum absolute atomic E-state index is 13.2. The van der Waals surface area contributed by atoms with Crippen LogP contribution >= 0.6 is 12.4 Å². The molecule has 0 aliphatic carbocycles. The summed E-state index contributed by atoms with van der Waals surface area (Å²) in [6.07, 6.45) is -8.59. The van der Waals surface area contributed by atoms with Gasteiger partial charge in [0, 0.05) is 5.56 Å². The van der Waals surface area contributed by atoms with E-state index in [2.05, 4.69) is 14.2 Å². The van der Waals surface area contributed by atoms with Crippen LogP contribution in [0.5, 0.6) is 17.2 Å². The molecule has 0 unspecified atom stereocenters. The highest BCUT2D eigenvalue weighted by molar-refractivity contribution is 5.85. The first kappa shape index (κ1) is 19.1. The molecule has 25 heavy (non-hydrogen) atoms. The molecule has 136 valence electrons. The van der Waals surface area contributed by atoms with Gasteiger partial charge in [-0.05, 0) is 23.8 Å². The largest absolute Gasteiger partial charge is 0.586 e. The molecule has 3 rings (SSSR count). The first-order chi connectivity index (χ1) is 11.1. The Morgan fingerprint density at radius 1 is 1.00 bits per heavy atom. The molecule has 2 aromatic carbocycles. The molecular weight excluding hydrogens is 373 g/mol. The van der Waals surface area contributed by atoms with Gasteiger partial charge in [0.1, 0.15) is 5.75 Å². The van der Waals surface area contributed by atoms with Crippen molar-refractivity contribution in [1.82, 2.24) is 0 Å². The van der Waals surface area contributed by atoms with Crippen LogP contribution in [0.25, 0.3) is 0 Å². The second-order valence-corrected chi connectivity index (χ2v) is 4.94. The molecule has 0 radical (unpaired) electrons. The van der Waals surface area contributed by atoms with Crippen molar-refractivity contribution in [2.45, 2.75) is 18.7 Å². The van der Waals surface area contributed by atoms with Crippen LogP contribution in [0.2, 0.25) is 0 Å². The summed E-state index contributed by atoms with van der Waals surface area (Å²) in [5, 5.41) is 0. The Morgan fingerprint density at radius 3 is 2.24 bits per heavy atom. The Labute approximate surface area is 144 Å². The molecule has 0 saturated heterocycles. The summed E-state index contributed by atoms with van der Waals surface area (Å²) in [6, 6.07) is 8.09. The van der Waals surface area contributed by atoms with Crippen LogP contribution in [0.15, 0.2) is 42.5 Å². The van der Waals surface area contributed by atoms with E-state index in [1.807, 2.05) is 0 Å². The minimum Gasteiger partial charge on any atom is -0.406 e. The monoisotopic (exact) mass is 383 g/mol. The van der Waals surface area contributed by atoms with Crippen LogP contribution in [0, 0.1) is 0 Å². The van der Waals surface area contributed by atoms with Gasteiger partial charge >= 0.3 is 12.7 Å². The van der Waals surface area contributed by atoms with E-state index >= 15 is 0 Å². The van der Waals surface area contributed by atoms with Gasteiger partial charge in [0.05, 0.1) is 6.04 Å². The summed E-state index contributed by atoms with van der Waals surface area (Å²) in [6.45, 7) is 0. The van der Waals surface area contributed by atoms with E-state index in [4.69, 9.17) is 5.73 Å². The van der Waals surface area contributed by atoms with Crippen molar-refractivity contribution in [3.05, 3.63) is 53.6 Å². The third-order valence-corrected chi connectivity index (χ3v) is 3.27. The zero-order valence-electron chi connectivity index (χ0n) is 12.2. The van der Waals surface area contributed by atoms with Gasteiger partial charge in [0.25, 0.3) is 0 Å². The fourth-order valence-corrected chi connectivity index (χ4v) is 2.29. The molecule has 0 spiro atoms. The number of alkyl halides is 5. The molecule has 1 aliphatic heterocycles. The van der Waals surface area contributed by atoms with Gasteiger partial charge in [0.2, 0.25) is 0 Å². The van der Waals surface area contributed by atoms with Gasteiger partial charge in [0.15, 0.2) is 11.5 Å². The quantitative estimate of drug-likeness (QED) is 0.799. The van der Waals surface area contributed by atoms with Gasteiger partial charge in [-0.25, -0.2) is 0 Å². The minimum absolute atomic E-state index is 0. The highest BCUT2D eigenvalue weighted by atomic mass is 35.5. The van der Waals surface area contributed by atoms with Crippen LogP contribution in [-0.4, -0.2) is 12.7 Å². The smallest absolute Gasteiger partial charge is 0.406 e. The third kappa shape index (κ3) is 4.23. The van der Waals surface area contributed by atoms with E-state index in [0.29, 0.717) is 5.56 Å². The average molecular weight is 384 g/mol. The molecule has 2 aromatic rings. The van der Waals surface area contributed by atoms with E-state index in [9.17, 15) is 22.0 Å². The highest BCUT2D eigenvalue weighted by Crippen LogP contribution is 2.45. The number of rotatable bonds is 3. The van der Waals surface area contributed by atoms with Gasteiger partial charge in [-0.3, -0.25) is 0 Å². The van der Waals surface area contributed by atoms with E-state index in [0.717, 1.165) is 12.1 Å². The molecule has 1 atom stereocenters. The second kappa shape index (κ2) is 6.57. The van der Waals surface area contributed by atoms with Gasteiger partial charge in [-0.1, -0.05) is 24.3 Å². The lowest BCUT2D eigenvalue weighted by Gasteiger charge is -2.16. The fourth-order valence-electron chi connectivity index (χ4n) is 2.29. The highest BCUT2D eigenvalue weighted by Gasteiger charge is 2.45. The number of nitrogens with two attached hydrogens (primary N) is 1. The summed E-state index contributed by atoms with van der Waals surface area (Å²) in [5.41, 5.74) is 6.61. The molecule has 0 bridgehead atoms. The Bertz CT molecular complexity index is 752. The molecule has 0 fully saturated rings. The molecule has 1 heterocycles. The van der Waals surface area contributed by atoms with Gasteiger partial charge in [-0.15, -0.1) is 34.4 Å². The van der Waals surface area contributed by atoms with E-state index in [1.54, 1.807) is 0 Å². The van der Waals surface area contributed by atoms with Crippen molar-refractivity contribution >= 4 is 12.4 Å². The SMILES string of the molecule is Cl.N[C@@H](c1ccc(OC(F)(F)F)cc1)c1cccc2c1OC(F)(F)O2. The summed E-state index contributed by atoms with van der Waals surface area (Å²) < 4.78 is 75.3. The van der Waals surface area contributed by atoms with Crippen molar-refractivity contribution < 1.29 is 36.2 Å². The molecule has 0 amide bonds. The zero-order chi connectivity index (χ0) is 17.5. The predicted molar refractivity (Wildman–Crippen MR) is 79.0 cm³/mol. The van der Waals surface area contributed by atoms with E-state index in [1.165, 1.54) is 30.3 Å². The number of ether oxygens (including phenoxy) is 3. The molecule has 0 aromatic heterocycles. The predicted octanol–water partition coefficient (Wildman–Crippen LogP) is 4.38. The topological polar surface area (TPSA) is 53.7 Å². The number of hydrogen-bond acceptors (Lipinski definition) is 4. The van der Waals surface area contributed by atoms with Crippen LogP contribution in [0.3, 0.4) is 0 Å². The van der Waals surface area contributed by atoms with Crippen molar-refractivity contribution in [1.29, 1.82) is 0 Å². The number of halogens is 6. The number of benzene rings is 2. The van der Waals surface area contributed by atoms with E-state index < -0.39 is 24.4 Å². The normalized spacial score (nSPS) is 16.1. The van der Waals surface area contributed by atoms with Crippen molar-refractivity contribution in [2.24, 2.45) is 5.73 Å². The van der Waals surface area contributed by atoms with E-state index in [-0.39, 0.29) is 29.5 Å². The summed E-state index contributed by atoms with van der Waals surface area (Å²) >= 11 is 0. The maximum Gasteiger partial charge on any atom is 0.586 e. The van der Waals surface area contributed by atoms with Crippen LogP contribution < -0.4 is 19.9 Å². The number of para-hydroxylation sites is 1. The number of hydrogen-bond donors (Lipinski definition) is 1. The summed E-state index contributed by atoms with van der Waals surface area (Å²) in [7, 11) is 0.